The Bertz CT molecular complexity index is 355. The van der Waals surface area contributed by atoms with Gasteiger partial charge in [-0.1, -0.05) is 32.9 Å². The monoisotopic (exact) mass is 292 g/mol. The molecule has 0 fully saturated rings. The van der Waals surface area contributed by atoms with Crippen molar-refractivity contribution in [3.05, 3.63) is 23.8 Å². The van der Waals surface area contributed by atoms with Crippen LogP contribution in [0.2, 0.25) is 0 Å². The van der Waals surface area contributed by atoms with Crippen molar-refractivity contribution < 1.29 is 0 Å². The Balaban J connectivity index is 2.48. The molecule has 0 unspecified atom stereocenters. The fourth-order valence-corrected chi connectivity index (χ4v) is 10.6. The lowest BCUT2D eigenvalue weighted by molar-refractivity contribution is 0.574. The van der Waals surface area contributed by atoms with E-state index in [0.717, 1.165) is 0 Å². The third-order valence-corrected chi connectivity index (χ3v) is 10.6. The van der Waals surface area contributed by atoms with E-state index in [4.69, 9.17) is 0 Å². The Morgan fingerprint density at radius 1 is 0.933 bits per heavy atom. The van der Waals surface area contributed by atoms with Crippen LogP contribution in [0.5, 0.6) is 0 Å². The molecule has 1 aliphatic heterocycles. The Labute approximate surface area is 110 Å². The molecule has 0 radical (unpaired) electrons. The lowest BCUT2D eigenvalue weighted by Gasteiger charge is -2.22. The van der Waals surface area contributed by atoms with Crippen LogP contribution in [0.3, 0.4) is 0 Å². The third kappa shape index (κ3) is 3.00. The summed E-state index contributed by atoms with van der Waals surface area (Å²) in [5.41, 5.74) is 1.70. The zero-order valence-corrected chi connectivity index (χ0v) is 12.9. The molecule has 82 valence electrons. The second kappa shape index (κ2) is 5.08. The van der Waals surface area contributed by atoms with E-state index in [9.17, 15) is 0 Å². The van der Waals surface area contributed by atoms with Gasteiger partial charge >= 0.3 is 0 Å². The molecule has 2 rings (SSSR count). The van der Waals surface area contributed by atoms with Crippen LogP contribution < -0.4 is 0 Å². The van der Waals surface area contributed by atoms with Crippen molar-refractivity contribution in [1.82, 2.24) is 0 Å². The zero-order valence-electron chi connectivity index (χ0n) is 8.77. The van der Waals surface area contributed by atoms with E-state index >= 15 is 0 Å². The van der Waals surface area contributed by atoms with Gasteiger partial charge in [-0.15, -0.1) is 0 Å². The average molecular weight is 293 g/mol. The van der Waals surface area contributed by atoms with Crippen molar-refractivity contribution in [2.75, 3.05) is 0 Å². The zero-order chi connectivity index (χ0) is 10.9. The smallest absolute Gasteiger partial charge is 0.0373 e. The maximum Gasteiger partial charge on any atom is 0.0373 e. The number of hydrogen-bond acceptors (Lipinski definition) is 5. The maximum absolute atomic E-state index is 2.28. The molecule has 0 N–H and O–H groups in total. The molecule has 1 aromatic carbocycles. The molecule has 0 spiro atoms. The van der Waals surface area contributed by atoms with Crippen molar-refractivity contribution in [3.63, 3.8) is 0 Å². The maximum atomic E-state index is 2.28. The van der Waals surface area contributed by atoms with Crippen molar-refractivity contribution in [1.29, 1.82) is 0 Å². The van der Waals surface area contributed by atoms with Gasteiger partial charge < -0.3 is 0 Å². The minimum absolute atomic E-state index is 0.235. The molecule has 0 bridgehead atoms. The molecule has 0 nitrogen and oxygen atoms in total. The summed E-state index contributed by atoms with van der Waals surface area (Å²) in [6.45, 7) is 6.84. The lowest BCUT2D eigenvalue weighted by Crippen LogP contribution is -2.12. The van der Waals surface area contributed by atoms with Gasteiger partial charge in [0, 0.05) is 9.79 Å². The van der Waals surface area contributed by atoms with Crippen LogP contribution in [0, 0.1) is 0 Å². The molecule has 0 atom stereocenters. The molecule has 0 aromatic heterocycles. The average Bonchev–Trinajstić information content (AvgIpc) is 2.39. The van der Waals surface area contributed by atoms with Gasteiger partial charge in [0.15, 0.2) is 0 Å². The first-order valence-corrected chi connectivity index (χ1v) is 10.7. The van der Waals surface area contributed by atoms with Crippen LogP contribution in [0.4, 0.5) is 0 Å². The summed E-state index contributed by atoms with van der Waals surface area (Å²) in [4.78, 5) is 2.87. The number of benzene rings is 1. The van der Waals surface area contributed by atoms with Crippen molar-refractivity contribution >= 4 is 51.1 Å². The van der Waals surface area contributed by atoms with E-state index in [1.165, 1.54) is 15.4 Å². The Morgan fingerprint density at radius 3 is 2.40 bits per heavy atom. The van der Waals surface area contributed by atoms with Crippen molar-refractivity contribution in [2.24, 2.45) is 0 Å². The van der Waals surface area contributed by atoms with Gasteiger partial charge in [0.25, 0.3) is 0 Å². The Hall–Kier alpha value is 0.970. The molecule has 0 saturated heterocycles. The van der Waals surface area contributed by atoms with Gasteiger partial charge in [-0.3, -0.25) is 0 Å². The highest BCUT2D eigenvalue weighted by Gasteiger charge is 2.22. The second-order valence-electron chi connectivity index (χ2n) is 4.25. The van der Waals surface area contributed by atoms with Gasteiger partial charge in [0.1, 0.15) is 0 Å². The van der Waals surface area contributed by atoms with Crippen molar-refractivity contribution in [3.8, 4) is 0 Å². The van der Waals surface area contributed by atoms with Gasteiger partial charge in [-0.25, -0.2) is 0 Å². The molecular formula is C10H12S5. The largest absolute Gasteiger partial charge is 0.0607 e. The number of fused-ring (bicyclic) bond motifs is 1. The summed E-state index contributed by atoms with van der Waals surface area (Å²) < 4.78 is 0. The Morgan fingerprint density at radius 2 is 1.67 bits per heavy atom. The standard InChI is InChI=1S/C10H12S5/c1-10(2,3)7-5-4-6-8-9(7)12-14-15-13-11-8/h4-6H,1-3H3. The van der Waals surface area contributed by atoms with E-state index < -0.39 is 0 Å². The molecule has 1 aromatic rings. The molecule has 0 aliphatic carbocycles. The normalized spacial score (nSPS) is 17.0. The topological polar surface area (TPSA) is 0 Å². The summed E-state index contributed by atoms with van der Waals surface area (Å²) in [6, 6.07) is 6.66. The predicted molar refractivity (Wildman–Crippen MR) is 79.6 cm³/mol. The number of hydrogen-bond donors (Lipinski definition) is 0. The molecular weight excluding hydrogens is 280 g/mol. The molecule has 1 heterocycles. The van der Waals surface area contributed by atoms with Crippen molar-refractivity contribution in [2.45, 2.75) is 36.0 Å². The molecule has 5 heteroatoms. The quantitative estimate of drug-likeness (QED) is 0.533. The minimum atomic E-state index is 0.235. The van der Waals surface area contributed by atoms with E-state index in [2.05, 4.69) is 39.0 Å². The fraction of sp³-hybridized carbons (Fsp3) is 0.400. The van der Waals surface area contributed by atoms with Crippen LogP contribution in [0.15, 0.2) is 28.0 Å². The first-order chi connectivity index (χ1) is 7.09. The van der Waals surface area contributed by atoms with Gasteiger partial charge in [-0.05, 0) is 68.1 Å². The highest BCUT2D eigenvalue weighted by Crippen LogP contribution is 2.60. The fourth-order valence-electron chi connectivity index (χ4n) is 1.37. The van der Waals surface area contributed by atoms with Crippen LogP contribution in [0.25, 0.3) is 0 Å². The SMILES string of the molecule is CC(C)(C)c1cccc2c1SSSSS2. The molecule has 15 heavy (non-hydrogen) atoms. The predicted octanol–water partition coefficient (Wildman–Crippen LogP) is 6.04. The summed E-state index contributed by atoms with van der Waals surface area (Å²) in [5.74, 6) is 0. The summed E-state index contributed by atoms with van der Waals surface area (Å²) >= 11 is 0. The van der Waals surface area contributed by atoms with Crippen LogP contribution in [-0.4, -0.2) is 0 Å². The molecule has 0 saturated carbocycles. The summed E-state index contributed by atoms with van der Waals surface area (Å²) in [7, 11) is 9.35. The first kappa shape index (κ1) is 12.4. The molecule has 1 aliphatic rings. The highest BCUT2D eigenvalue weighted by atomic mass is 33.8. The lowest BCUT2D eigenvalue weighted by atomic mass is 9.87. The van der Waals surface area contributed by atoms with E-state index in [1.807, 2.05) is 51.1 Å². The first-order valence-electron chi connectivity index (χ1n) is 4.57. The van der Waals surface area contributed by atoms with Crippen LogP contribution >= 0.6 is 51.1 Å². The van der Waals surface area contributed by atoms with Crippen LogP contribution in [-0.2, 0) is 5.41 Å². The van der Waals surface area contributed by atoms with Gasteiger partial charge in [0.05, 0.1) is 0 Å². The number of rotatable bonds is 0. The summed E-state index contributed by atoms with van der Waals surface area (Å²) in [6.07, 6.45) is 0. The van der Waals surface area contributed by atoms with Gasteiger partial charge in [-0.2, -0.15) is 0 Å². The Kier molecular flexibility index (Phi) is 4.21. The highest BCUT2D eigenvalue weighted by molar-refractivity contribution is 9.36. The van der Waals surface area contributed by atoms with E-state index in [0.29, 0.717) is 0 Å². The van der Waals surface area contributed by atoms with E-state index in [1.54, 1.807) is 0 Å². The van der Waals surface area contributed by atoms with E-state index in [-0.39, 0.29) is 5.41 Å². The third-order valence-electron chi connectivity index (χ3n) is 2.08. The second-order valence-corrected chi connectivity index (χ2v) is 11.7. The minimum Gasteiger partial charge on any atom is -0.0607 e. The molecule has 0 amide bonds. The van der Waals surface area contributed by atoms with Gasteiger partial charge in [0.2, 0.25) is 0 Å². The van der Waals surface area contributed by atoms with Crippen LogP contribution in [0.1, 0.15) is 26.3 Å². The summed E-state index contributed by atoms with van der Waals surface area (Å²) in [5, 5.41) is 0.